The Bertz CT molecular complexity index is 799. The average molecular weight is 460 g/mol. The number of carbonyl (C=O) groups is 3. The Morgan fingerprint density at radius 1 is 1.06 bits per heavy atom. The summed E-state index contributed by atoms with van der Waals surface area (Å²) in [5.41, 5.74) is 0.619. The summed E-state index contributed by atoms with van der Waals surface area (Å²) < 4.78 is 10.9. The Labute approximate surface area is 196 Å². The molecular formula is C25H37N3O5. The van der Waals surface area contributed by atoms with Gasteiger partial charge in [0, 0.05) is 25.2 Å². The zero-order valence-corrected chi connectivity index (χ0v) is 20.0. The molecule has 8 nitrogen and oxygen atoms in total. The smallest absolute Gasteiger partial charge is 0.313 e. The molecule has 0 radical (unpaired) electrons. The lowest BCUT2D eigenvalue weighted by Gasteiger charge is -2.35. The van der Waals surface area contributed by atoms with Crippen LogP contribution in [0.3, 0.4) is 0 Å². The number of hydrogen-bond donors (Lipinski definition) is 2. The molecule has 2 fully saturated rings. The van der Waals surface area contributed by atoms with Gasteiger partial charge in [-0.1, -0.05) is 31.4 Å². The predicted molar refractivity (Wildman–Crippen MR) is 125 cm³/mol. The van der Waals surface area contributed by atoms with E-state index in [0.29, 0.717) is 24.5 Å². The fourth-order valence-corrected chi connectivity index (χ4v) is 4.60. The van der Waals surface area contributed by atoms with Crippen LogP contribution in [0.25, 0.3) is 0 Å². The van der Waals surface area contributed by atoms with Crippen molar-refractivity contribution in [3.63, 3.8) is 0 Å². The summed E-state index contributed by atoms with van der Waals surface area (Å²) in [6, 6.07) is 5.73. The van der Waals surface area contributed by atoms with Crippen molar-refractivity contribution in [2.75, 3.05) is 20.3 Å². The summed E-state index contributed by atoms with van der Waals surface area (Å²) in [5, 5.41) is 5.83. The summed E-state index contributed by atoms with van der Waals surface area (Å²) >= 11 is 0. The van der Waals surface area contributed by atoms with Crippen LogP contribution in [-0.2, 0) is 19.1 Å². The van der Waals surface area contributed by atoms with Crippen LogP contribution in [0.1, 0.15) is 70.4 Å². The minimum absolute atomic E-state index is 0.0111. The number of nitrogens with one attached hydrogen (secondary N) is 2. The van der Waals surface area contributed by atoms with Gasteiger partial charge in [0.1, 0.15) is 11.8 Å². The number of carbonyl (C=O) groups excluding carboxylic acids is 3. The van der Waals surface area contributed by atoms with Crippen molar-refractivity contribution < 1.29 is 23.9 Å². The Morgan fingerprint density at radius 3 is 2.33 bits per heavy atom. The minimum Gasteiger partial charge on any atom is -0.497 e. The van der Waals surface area contributed by atoms with Crippen LogP contribution >= 0.6 is 0 Å². The van der Waals surface area contributed by atoms with E-state index in [-0.39, 0.29) is 24.1 Å². The molecule has 182 valence electrons. The first-order valence-electron chi connectivity index (χ1n) is 12.1. The molecule has 1 aromatic carbocycles. The molecule has 0 unspecified atom stereocenters. The van der Waals surface area contributed by atoms with Gasteiger partial charge in [0.15, 0.2) is 0 Å². The minimum atomic E-state index is -0.943. The zero-order valence-electron chi connectivity index (χ0n) is 20.0. The van der Waals surface area contributed by atoms with Crippen LogP contribution in [0, 0.1) is 0 Å². The van der Waals surface area contributed by atoms with Crippen molar-refractivity contribution in [3.05, 3.63) is 29.8 Å². The molecule has 1 saturated carbocycles. The summed E-state index contributed by atoms with van der Waals surface area (Å²) in [5.74, 6) is -1.03. The van der Waals surface area contributed by atoms with Gasteiger partial charge in [0.05, 0.1) is 13.2 Å². The van der Waals surface area contributed by atoms with E-state index in [9.17, 15) is 14.4 Å². The first kappa shape index (κ1) is 25.0. The van der Waals surface area contributed by atoms with E-state index in [1.165, 1.54) is 4.90 Å². The lowest BCUT2D eigenvalue weighted by Crippen LogP contribution is -2.53. The van der Waals surface area contributed by atoms with Crippen molar-refractivity contribution in [2.45, 2.75) is 83.0 Å². The molecule has 2 aliphatic rings. The highest BCUT2D eigenvalue weighted by atomic mass is 16.5. The third kappa shape index (κ3) is 6.69. The van der Waals surface area contributed by atoms with Crippen molar-refractivity contribution in [2.24, 2.45) is 0 Å². The molecule has 2 atom stereocenters. The zero-order chi connectivity index (χ0) is 23.8. The summed E-state index contributed by atoms with van der Waals surface area (Å²) in [7, 11) is 1.57. The molecule has 2 N–H and O–H groups in total. The van der Waals surface area contributed by atoms with Gasteiger partial charge in [0.2, 0.25) is 5.91 Å². The third-order valence-electron chi connectivity index (χ3n) is 6.41. The number of rotatable bonds is 8. The molecule has 8 heteroatoms. The van der Waals surface area contributed by atoms with Gasteiger partial charge >= 0.3 is 11.8 Å². The van der Waals surface area contributed by atoms with Crippen LogP contribution in [0.5, 0.6) is 5.75 Å². The van der Waals surface area contributed by atoms with Gasteiger partial charge in [0.25, 0.3) is 0 Å². The quantitative estimate of drug-likeness (QED) is 0.583. The van der Waals surface area contributed by atoms with Crippen molar-refractivity contribution in [1.82, 2.24) is 15.5 Å². The van der Waals surface area contributed by atoms with Gasteiger partial charge < -0.3 is 25.0 Å². The monoisotopic (exact) mass is 459 g/mol. The second-order valence-corrected chi connectivity index (χ2v) is 9.17. The van der Waals surface area contributed by atoms with E-state index in [0.717, 1.165) is 44.9 Å². The Morgan fingerprint density at radius 2 is 1.76 bits per heavy atom. The molecule has 0 spiro atoms. The lowest BCUT2D eigenvalue weighted by atomic mass is 9.95. The lowest BCUT2D eigenvalue weighted by molar-refractivity contribution is -0.152. The fourth-order valence-electron chi connectivity index (χ4n) is 4.60. The van der Waals surface area contributed by atoms with Crippen LogP contribution in [0.15, 0.2) is 24.3 Å². The van der Waals surface area contributed by atoms with Crippen LogP contribution < -0.4 is 15.4 Å². The normalized spacial score (nSPS) is 19.7. The molecule has 1 aliphatic carbocycles. The summed E-state index contributed by atoms with van der Waals surface area (Å²) in [6.07, 6.45) is 6.85. The Balaban J connectivity index is 1.82. The van der Waals surface area contributed by atoms with Gasteiger partial charge in [-0.05, 0) is 57.2 Å². The first-order chi connectivity index (χ1) is 15.9. The molecule has 33 heavy (non-hydrogen) atoms. The highest BCUT2D eigenvalue weighted by Crippen LogP contribution is 2.27. The number of ether oxygens (including phenoxy) is 2. The third-order valence-corrected chi connectivity index (χ3v) is 6.41. The molecule has 0 bridgehead atoms. The number of methoxy groups -OCH3 is 1. The van der Waals surface area contributed by atoms with Crippen LogP contribution in [-0.4, -0.2) is 61.1 Å². The highest BCUT2D eigenvalue weighted by molar-refractivity contribution is 6.35. The van der Waals surface area contributed by atoms with E-state index in [4.69, 9.17) is 9.47 Å². The maximum Gasteiger partial charge on any atom is 0.313 e. The van der Waals surface area contributed by atoms with Crippen LogP contribution in [0.4, 0.5) is 0 Å². The molecule has 0 aromatic heterocycles. The topological polar surface area (TPSA) is 97.0 Å². The van der Waals surface area contributed by atoms with Gasteiger partial charge in [-0.3, -0.25) is 14.4 Å². The van der Waals surface area contributed by atoms with Crippen molar-refractivity contribution in [1.29, 1.82) is 0 Å². The van der Waals surface area contributed by atoms with Gasteiger partial charge in [-0.25, -0.2) is 0 Å². The van der Waals surface area contributed by atoms with E-state index in [1.54, 1.807) is 31.4 Å². The highest BCUT2D eigenvalue weighted by Gasteiger charge is 2.37. The molecule has 1 saturated heterocycles. The fraction of sp³-hybridized carbons (Fsp3) is 0.640. The second-order valence-electron chi connectivity index (χ2n) is 9.17. The number of hydrogen-bond acceptors (Lipinski definition) is 5. The standard InChI is InChI=1S/C25H37N3O5/c1-17(2)28(25(31)24(30)27-19-8-5-4-6-9-19)22(18-11-13-20(32-3)14-12-18)23(29)26-16-21-10-7-15-33-21/h11-14,17,19,21-22H,4-10,15-16H2,1-3H3,(H,26,29)(H,27,30)/t21-,22+/m0/s1. The number of benzene rings is 1. The molecule has 1 heterocycles. The molecule has 3 amide bonds. The van der Waals surface area contributed by atoms with Crippen molar-refractivity contribution in [3.8, 4) is 5.75 Å². The van der Waals surface area contributed by atoms with E-state index < -0.39 is 17.9 Å². The SMILES string of the molecule is COc1ccc([C@H](C(=O)NC[C@@H]2CCCO2)N(C(=O)C(=O)NC2CCCCC2)C(C)C)cc1. The molecule has 3 rings (SSSR count). The van der Waals surface area contributed by atoms with Crippen LogP contribution in [0.2, 0.25) is 0 Å². The molecule has 1 aliphatic heterocycles. The summed E-state index contributed by atoms with van der Waals surface area (Å²) in [6.45, 7) is 4.70. The largest absolute Gasteiger partial charge is 0.497 e. The second kappa shape index (κ2) is 12.0. The van der Waals surface area contributed by atoms with E-state index >= 15 is 0 Å². The summed E-state index contributed by atoms with van der Waals surface area (Å²) in [4.78, 5) is 41.0. The number of nitrogens with zero attached hydrogens (tertiary/aromatic N) is 1. The first-order valence-corrected chi connectivity index (χ1v) is 12.1. The van der Waals surface area contributed by atoms with Crippen molar-refractivity contribution >= 4 is 17.7 Å². The Kier molecular flexibility index (Phi) is 9.11. The maximum absolute atomic E-state index is 13.4. The predicted octanol–water partition coefficient (Wildman–Crippen LogP) is 2.72. The molecular weight excluding hydrogens is 422 g/mol. The molecule has 1 aromatic rings. The number of amides is 3. The van der Waals surface area contributed by atoms with E-state index in [1.807, 2.05) is 13.8 Å². The Hall–Kier alpha value is -2.61. The van der Waals surface area contributed by atoms with Gasteiger partial charge in [-0.2, -0.15) is 0 Å². The van der Waals surface area contributed by atoms with E-state index in [2.05, 4.69) is 10.6 Å². The van der Waals surface area contributed by atoms with Gasteiger partial charge in [-0.15, -0.1) is 0 Å². The average Bonchev–Trinajstić information content (AvgIpc) is 3.35. The maximum atomic E-state index is 13.4.